The van der Waals surface area contributed by atoms with Crippen LogP contribution in [-0.4, -0.2) is 30.4 Å². The van der Waals surface area contributed by atoms with Gasteiger partial charge in [-0.1, -0.05) is 25.7 Å². The fraction of sp³-hybridized carbons (Fsp3) is 0.722. The predicted molar refractivity (Wildman–Crippen MR) is 92.1 cm³/mol. The highest BCUT2D eigenvalue weighted by Crippen LogP contribution is 2.27. The van der Waals surface area contributed by atoms with Crippen LogP contribution < -0.4 is 5.32 Å². The number of hydrogen-bond donors (Lipinski definition) is 1. The van der Waals surface area contributed by atoms with Crippen molar-refractivity contribution in [3.8, 4) is 0 Å². The molecule has 1 saturated heterocycles. The van der Waals surface area contributed by atoms with Crippen LogP contribution in [0.1, 0.15) is 63.0 Å². The van der Waals surface area contributed by atoms with E-state index in [4.69, 9.17) is 0 Å². The highest BCUT2D eigenvalue weighted by Gasteiger charge is 2.26. The molecule has 3 rings (SSSR count). The fourth-order valence-corrected chi connectivity index (χ4v) is 4.57. The van der Waals surface area contributed by atoms with Crippen LogP contribution in [0.2, 0.25) is 0 Å². The van der Waals surface area contributed by atoms with Gasteiger partial charge in [0.15, 0.2) is 0 Å². The van der Waals surface area contributed by atoms with Gasteiger partial charge in [0, 0.05) is 12.5 Å². The zero-order valence-electron chi connectivity index (χ0n) is 13.4. The molecule has 2 aliphatic rings. The monoisotopic (exact) mass is 320 g/mol. The Balaban J connectivity index is 1.62. The number of carbonyl (C=O) groups is 1. The minimum Gasteiger partial charge on any atom is -0.354 e. The van der Waals surface area contributed by atoms with E-state index in [-0.39, 0.29) is 11.8 Å². The normalized spacial score (nSPS) is 22.4. The molecule has 0 radical (unpaired) electrons. The van der Waals surface area contributed by atoms with Gasteiger partial charge in [0.1, 0.15) is 0 Å². The minimum absolute atomic E-state index is 0.271. The molecule has 122 valence electrons. The molecular weight excluding hydrogens is 292 g/mol. The van der Waals surface area contributed by atoms with Crippen molar-refractivity contribution in [1.29, 1.82) is 0 Å². The Hall–Kier alpha value is -0.870. The zero-order valence-corrected chi connectivity index (χ0v) is 14.2. The summed E-state index contributed by atoms with van der Waals surface area (Å²) in [5.74, 6) is 0.555. The number of thiophene rings is 1. The van der Waals surface area contributed by atoms with Gasteiger partial charge in [-0.3, -0.25) is 9.69 Å². The van der Waals surface area contributed by atoms with E-state index in [1.165, 1.54) is 57.2 Å². The van der Waals surface area contributed by atoms with Crippen LogP contribution in [0.3, 0.4) is 0 Å². The molecule has 2 fully saturated rings. The standard InChI is InChI=1S/C18H28N2OS/c21-18(15-7-3-4-8-15)19-13-17(16-9-12-22-14-16)20-10-5-1-2-6-11-20/h9,12,14-15,17H,1-8,10-11,13H2,(H,19,21). The lowest BCUT2D eigenvalue weighted by Crippen LogP contribution is -2.40. The summed E-state index contributed by atoms with van der Waals surface area (Å²) in [7, 11) is 0. The van der Waals surface area contributed by atoms with Gasteiger partial charge in [-0.25, -0.2) is 0 Å². The highest BCUT2D eigenvalue weighted by atomic mass is 32.1. The lowest BCUT2D eigenvalue weighted by atomic mass is 10.1. The molecule has 2 heterocycles. The summed E-state index contributed by atoms with van der Waals surface area (Å²) in [5, 5.41) is 7.65. The summed E-state index contributed by atoms with van der Waals surface area (Å²) in [6.07, 6.45) is 9.88. The summed E-state index contributed by atoms with van der Waals surface area (Å²) >= 11 is 1.76. The molecule has 22 heavy (non-hydrogen) atoms. The van der Waals surface area contributed by atoms with E-state index in [1.54, 1.807) is 11.3 Å². The molecule has 1 amide bonds. The van der Waals surface area contributed by atoms with E-state index in [2.05, 4.69) is 27.0 Å². The average molecular weight is 321 g/mol. The van der Waals surface area contributed by atoms with Crippen molar-refractivity contribution in [2.75, 3.05) is 19.6 Å². The average Bonchev–Trinajstić information content (AvgIpc) is 3.18. The first-order chi connectivity index (χ1) is 10.8. The van der Waals surface area contributed by atoms with Crippen LogP contribution in [0, 0.1) is 5.92 Å². The number of rotatable bonds is 5. The topological polar surface area (TPSA) is 32.3 Å². The molecule has 0 spiro atoms. The maximum absolute atomic E-state index is 12.3. The largest absolute Gasteiger partial charge is 0.354 e. The predicted octanol–water partition coefficient (Wildman–Crippen LogP) is 3.97. The van der Waals surface area contributed by atoms with Gasteiger partial charge in [0.2, 0.25) is 5.91 Å². The van der Waals surface area contributed by atoms with Crippen molar-refractivity contribution in [3.63, 3.8) is 0 Å². The number of likely N-dealkylation sites (tertiary alicyclic amines) is 1. The minimum atomic E-state index is 0.271. The Kier molecular flexibility index (Phi) is 5.90. The SMILES string of the molecule is O=C(NCC(c1ccsc1)N1CCCCCC1)C1CCCC1. The fourth-order valence-electron chi connectivity index (χ4n) is 3.86. The highest BCUT2D eigenvalue weighted by molar-refractivity contribution is 7.07. The van der Waals surface area contributed by atoms with Crippen molar-refractivity contribution in [1.82, 2.24) is 10.2 Å². The summed E-state index contributed by atoms with van der Waals surface area (Å²) in [6.45, 7) is 3.10. The van der Waals surface area contributed by atoms with Gasteiger partial charge in [0.05, 0.1) is 6.04 Å². The Morgan fingerprint density at radius 3 is 2.55 bits per heavy atom. The second kappa shape index (κ2) is 8.11. The van der Waals surface area contributed by atoms with Gasteiger partial charge in [-0.2, -0.15) is 11.3 Å². The number of carbonyl (C=O) groups excluding carboxylic acids is 1. The van der Waals surface area contributed by atoms with Gasteiger partial charge in [-0.05, 0) is 61.2 Å². The van der Waals surface area contributed by atoms with Crippen molar-refractivity contribution in [3.05, 3.63) is 22.4 Å². The number of hydrogen-bond acceptors (Lipinski definition) is 3. The molecule has 1 saturated carbocycles. The van der Waals surface area contributed by atoms with Crippen molar-refractivity contribution in [2.24, 2.45) is 5.92 Å². The van der Waals surface area contributed by atoms with Crippen LogP contribution in [-0.2, 0) is 4.79 Å². The molecule has 4 heteroatoms. The molecule has 0 bridgehead atoms. The molecule has 1 aliphatic carbocycles. The van der Waals surface area contributed by atoms with Crippen molar-refractivity contribution in [2.45, 2.75) is 57.4 Å². The van der Waals surface area contributed by atoms with E-state index in [0.717, 1.165) is 19.4 Å². The quantitative estimate of drug-likeness (QED) is 0.890. The molecule has 1 aromatic rings. The maximum Gasteiger partial charge on any atom is 0.223 e. The molecule has 3 nitrogen and oxygen atoms in total. The van der Waals surface area contributed by atoms with Crippen molar-refractivity contribution < 1.29 is 4.79 Å². The Labute approximate surface area is 138 Å². The molecule has 1 atom stereocenters. The van der Waals surface area contributed by atoms with Gasteiger partial charge >= 0.3 is 0 Å². The van der Waals surface area contributed by atoms with Crippen LogP contribution in [0.25, 0.3) is 0 Å². The lowest BCUT2D eigenvalue weighted by molar-refractivity contribution is -0.125. The Bertz CT molecular complexity index is 446. The van der Waals surface area contributed by atoms with E-state index in [1.807, 2.05) is 0 Å². The van der Waals surface area contributed by atoms with E-state index >= 15 is 0 Å². The van der Waals surface area contributed by atoms with E-state index in [9.17, 15) is 4.79 Å². The first kappa shape index (κ1) is 16.0. The molecular formula is C18H28N2OS. The number of nitrogens with zero attached hydrogens (tertiary/aromatic N) is 1. The Morgan fingerprint density at radius 1 is 1.18 bits per heavy atom. The first-order valence-corrected chi connectivity index (χ1v) is 9.83. The number of amides is 1. The van der Waals surface area contributed by atoms with E-state index in [0.29, 0.717) is 6.04 Å². The molecule has 1 aromatic heterocycles. The van der Waals surface area contributed by atoms with Gasteiger partial charge < -0.3 is 5.32 Å². The molecule has 1 unspecified atom stereocenters. The summed E-state index contributed by atoms with van der Waals surface area (Å²) in [5.41, 5.74) is 1.37. The van der Waals surface area contributed by atoms with Crippen LogP contribution in [0.5, 0.6) is 0 Å². The third kappa shape index (κ3) is 4.11. The third-order valence-electron chi connectivity index (χ3n) is 5.20. The van der Waals surface area contributed by atoms with E-state index < -0.39 is 0 Å². The van der Waals surface area contributed by atoms with Crippen molar-refractivity contribution >= 4 is 17.2 Å². The van der Waals surface area contributed by atoms with Gasteiger partial charge in [-0.15, -0.1) is 0 Å². The maximum atomic E-state index is 12.3. The second-order valence-corrected chi connectivity index (χ2v) is 7.53. The summed E-state index contributed by atoms with van der Waals surface area (Å²) < 4.78 is 0. The lowest BCUT2D eigenvalue weighted by Gasteiger charge is -2.31. The smallest absolute Gasteiger partial charge is 0.223 e. The third-order valence-corrected chi connectivity index (χ3v) is 5.91. The van der Waals surface area contributed by atoms with Crippen LogP contribution >= 0.6 is 11.3 Å². The zero-order chi connectivity index (χ0) is 15.2. The molecule has 1 aliphatic heterocycles. The summed E-state index contributed by atoms with van der Waals surface area (Å²) in [6, 6.07) is 2.58. The molecule has 0 aromatic carbocycles. The second-order valence-electron chi connectivity index (χ2n) is 6.75. The summed E-state index contributed by atoms with van der Waals surface area (Å²) in [4.78, 5) is 14.9. The van der Waals surface area contributed by atoms with Crippen LogP contribution in [0.15, 0.2) is 16.8 Å². The van der Waals surface area contributed by atoms with Crippen LogP contribution in [0.4, 0.5) is 0 Å². The molecule has 1 N–H and O–H groups in total. The first-order valence-electron chi connectivity index (χ1n) is 8.88. The van der Waals surface area contributed by atoms with Gasteiger partial charge in [0.25, 0.3) is 0 Å². The number of nitrogens with one attached hydrogen (secondary N) is 1. The Morgan fingerprint density at radius 2 is 1.91 bits per heavy atom.